The van der Waals surface area contributed by atoms with Gasteiger partial charge in [-0.1, -0.05) is 19.3 Å². The molecule has 5 nitrogen and oxygen atoms in total. The molecule has 0 amide bonds. The van der Waals surface area contributed by atoms with Crippen LogP contribution in [0.15, 0.2) is 0 Å². The first kappa shape index (κ1) is 12.9. The van der Waals surface area contributed by atoms with Crippen molar-refractivity contribution in [2.75, 3.05) is 14.1 Å². The van der Waals surface area contributed by atoms with E-state index in [1.54, 1.807) is 0 Å². The molecule has 1 rings (SSSR count). The molecule has 1 fully saturated rings. The molecule has 6 heteroatoms. The van der Waals surface area contributed by atoms with Crippen molar-refractivity contribution >= 4 is 10.2 Å². The smallest absolute Gasteiger partial charge is 0.279 e. The van der Waals surface area contributed by atoms with E-state index in [4.69, 9.17) is 5.73 Å². The molecule has 1 aliphatic carbocycles. The Labute approximate surface area is 92.2 Å². The van der Waals surface area contributed by atoms with Crippen molar-refractivity contribution in [3.63, 3.8) is 0 Å². The minimum atomic E-state index is -3.34. The van der Waals surface area contributed by atoms with E-state index in [-0.39, 0.29) is 12.1 Å². The van der Waals surface area contributed by atoms with Crippen molar-refractivity contribution in [1.29, 1.82) is 0 Å². The van der Waals surface area contributed by atoms with E-state index in [0.717, 1.165) is 32.1 Å². The highest BCUT2D eigenvalue weighted by Gasteiger charge is 2.25. The molecule has 3 N–H and O–H groups in total. The van der Waals surface area contributed by atoms with Crippen LogP contribution in [-0.4, -0.2) is 38.9 Å². The molecule has 1 aliphatic rings. The zero-order valence-electron chi connectivity index (χ0n) is 9.44. The lowest BCUT2D eigenvalue weighted by atomic mass is 10.1. The van der Waals surface area contributed by atoms with Crippen LogP contribution in [0.3, 0.4) is 0 Å². The minimum Gasteiger partial charge on any atom is -0.326 e. The summed E-state index contributed by atoms with van der Waals surface area (Å²) in [5.41, 5.74) is 5.94. The summed E-state index contributed by atoms with van der Waals surface area (Å²) in [5.74, 6) is 0. The molecule has 0 radical (unpaired) electrons. The van der Waals surface area contributed by atoms with E-state index in [1.165, 1.54) is 18.4 Å². The molecule has 0 aromatic rings. The van der Waals surface area contributed by atoms with Crippen LogP contribution in [0.5, 0.6) is 0 Å². The third-order valence-corrected chi connectivity index (χ3v) is 4.41. The molecular weight excluding hydrogens is 214 g/mol. The van der Waals surface area contributed by atoms with E-state index in [2.05, 4.69) is 4.72 Å². The highest BCUT2D eigenvalue weighted by atomic mass is 32.2. The summed E-state index contributed by atoms with van der Waals surface area (Å²) in [6, 6.07) is -0.165. The molecular formula is C9H21N3O2S. The Bertz CT molecular complexity index is 290. The third-order valence-electron chi connectivity index (χ3n) is 2.85. The number of hydrogen-bond acceptors (Lipinski definition) is 3. The van der Waals surface area contributed by atoms with Crippen LogP contribution in [-0.2, 0) is 10.2 Å². The van der Waals surface area contributed by atoms with Gasteiger partial charge in [0.15, 0.2) is 0 Å². The van der Waals surface area contributed by atoms with Gasteiger partial charge in [-0.15, -0.1) is 0 Å². The summed E-state index contributed by atoms with van der Waals surface area (Å²) < 4.78 is 27.1. The second-order valence-electron chi connectivity index (χ2n) is 4.31. The molecule has 0 aliphatic heterocycles. The normalized spacial score (nSPS) is 29.1. The Morgan fingerprint density at radius 1 is 1.20 bits per heavy atom. The summed E-state index contributed by atoms with van der Waals surface area (Å²) in [4.78, 5) is 0. The number of rotatable bonds is 3. The lowest BCUT2D eigenvalue weighted by molar-refractivity contribution is 0.433. The van der Waals surface area contributed by atoms with E-state index >= 15 is 0 Å². The zero-order chi connectivity index (χ0) is 11.5. The fraction of sp³-hybridized carbons (Fsp3) is 1.00. The highest BCUT2D eigenvalue weighted by molar-refractivity contribution is 7.87. The van der Waals surface area contributed by atoms with Crippen molar-refractivity contribution in [3.05, 3.63) is 0 Å². The number of hydrogen-bond donors (Lipinski definition) is 2. The summed E-state index contributed by atoms with van der Waals surface area (Å²) in [5, 5.41) is 0. The molecule has 0 bridgehead atoms. The Hall–Kier alpha value is -0.170. The molecule has 90 valence electrons. The number of nitrogens with zero attached hydrogens (tertiary/aromatic N) is 1. The van der Waals surface area contributed by atoms with Crippen LogP contribution in [0.4, 0.5) is 0 Å². The Balaban J connectivity index is 2.63. The summed E-state index contributed by atoms with van der Waals surface area (Å²) in [6.07, 6.45) is 5.04. The van der Waals surface area contributed by atoms with Gasteiger partial charge >= 0.3 is 0 Å². The number of nitrogens with two attached hydrogens (primary N) is 1. The predicted octanol–water partition coefficient (Wildman–Crippen LogP) is 0.0424. The summed E-state index contributed by atoms with van der Waals surface area (Å²) in [7, 11) is -0.307. The average Bonchev–Trinajstić information content (AvgIpc) is 2.31. The monoisotopic (exact) mass is 235 g/mol. The maximum Gasteiger partial charge on any atom is 0.279 e. The largest absolute Gasteiger partial charge is 0.326 e. The second kappa shape index (κ2) is 5.25. The molecule has 0 heterocycles. The first-order chi connectivity index (χ1) is 6.93. The maximum absolute atomic E-state index is 11.6. The van der Waals surface area contributed by atoms with Crippen LogP contribution in [0.1, 0.15) is 32.1 Å². The van der Waals surface area contributed by atoms with Crippen molar-refractivity contribution in [2.45, 2.75) is 44.2 Å². The lowest BCUT2D eigenvalue weighted by Crippen LogP contribution is -2.50. The van der Waals surface area contributed by atoms with Crippen LogP contribution >= 0.6 is 0 Å². The molecule has 2 atom stereocenters. The van der Waals surface area contributed by atoms with Crippen LogP contribution in [0, 0.1) is 0 Å². The fourth-order valence-electron chi connectivity index (χ4n) is 1.78. The van der Waals surface area contributed by atoms with Crippen molar-refractivity contribution in [3.8, 4) is 0 Å². The first-order valence-electron chi connectivity index (χ1n) is 5.39. The second-order valence-corrected chi connectivity index (χ2v) is 6.23. The van der Waals surface area contributed by atoms with Crippen molar-refractivity contribution < 1.29 is 8.42 Å². The topological polar surface area (TPSA) is 75.4 Å². The molecule has 0 spiro atoms. The van der Waals surface area contributed by atoms with Gasteiger partial charge < -0.3 is 5.73 Å². The predicted molar refractivity (Wildman–Crippen MR) is 60.6 cm³/mol. The molecule has 15 heavy (non-hydrogen) atoms. The highest BCUT2D eigenvalue weighted by Crippen LogP contribution is 2.17. The first-order valence-corrected chi connectivity index (χ1v) is 6.83. The van der Waals surface area contributed by atoms with Crippen LogP contribution < -0.4 is 10.5 Å². The minimum absolute atomic E-state index is 0.0535. The quantitative estimate of drug-likeness (QED) is 0.678. The molecule has 1 saturated carbocycles. The van der Waals surface area contributed by atoms with Crippen LogP contribution in [0.25, 0.3) is 0 Å². The van der Waals surface area contributed by atoms with Gasteiger partial charge in [-0.3, -0.25) is 0 Å². The van der Waals surface area contributed by atoms with Gasteiger partial charge in [-0.25, -0.2) is 0 Å². The molecule has 2 unspecified atom stereocenters. The van der Waals surface area contributed by atoms with E-state index < -0.39 is 10.2 Å². The van der Waals surface area contributed by atoms with Gasteiger partial charge in [0.05, 0.1) is 0 Å². The van der Waals surface area contributed by atoms with Crippen molar-refractivity contribution in [2.24, 2.45) is 5.73 Å². The summed E-state index contributed by atoms with van der Waals surface area (Å²) >= 11 is 0. The molecule has 0 aromatic heterocycles. The standard InChI is InChI=1S/C9H21N3O2S/c1-12(2)15(13,14)11-9-7-5-3-4-6-8(9)10/h8-9,11H,3-7,10H2,1-2H3. The van der Waals surface area contributed by atoms with E-state index in [9.17, 15) is 8.42 Å². The maximum atomic E-state index is 11.6. The van der Waals surface area contributed by atoms with Crippen molar-refractivity contribution in [1.82, 2.24) is 9.03 Å². The van der Waals surface area contributed by atoms with Gasteiger partial charge in [0.2, 0.25) is 0 Å². The molecule has 0 aromatic carbocycles. The van der Waals surface area contributed by atoms with Gasteiger partial charge in [-0.05, 0) is 12.8 Å². The zero-order valence-corrected chi connectivity index (χ0v) is 10.3. The van der Waals surface area contributed by atoms with Crippen LogP contribution in [0.2, 0.25) is 0 Å². The van der Waals surface area contributed by atoms with Gasteiger partial charge in [0, 0.05) is 26.2 Å². The lowest BCUT2D eigenvalue weighted by Gasteiger charge is -2.24. The molecule has 0 saturated heterocycles. The van der Waals surface area contributed by atoms with Gasteiger partial charge in [-0.2, -0.15) is 17.4 Å². The van der Waals surface area contributed by atoms with Gasteiger partial charge in [0.25, 0.3) is 10.2 Å². The Morgan fingerprint density at radius 3 is 2.40 bits per heavy atom. The number of nitrogens with one attached hydrogen (secondary N) is 1. The average molecular weight is 235 g/mol. The fourth-order valence-corrected chi connectivity index (χ4v) is 2.67. The van der Waals surface area contributed by atoms with E-state index in [0.29, 0.717) is 0 Å². The van der Waals surface area contributed by atoms with Gasteiger partial charge in [0.1, 0.15) is 0 Å². The summed E-state index contributed by atoms with van der Waals surface area (Å²) in [6.45, 7) is 0. The van der Waals surface area contributed by atoms with E-state index in [1.807, 2.05) is 0 Å². The third kappa shape index (κ3) is 3.71. The Kier molecular flexibility index (Phi) is 4.51. The Morgan fingerprint density at radius 2 is 1.80 bits per heavy atom. The SMILES string of the molecule is CN(C)S(=O)(=O)NC1CCCCCC1N.